The zero-order valence-corrected chi connectivity index (χ0v) is 12.3. The molecule has 1 aromatic carbocycles. The summed E-state index contributed by atoms with van der Waals surface area (Å²) in [5.41, 5.74) is 1.35. The predicted molar refractivity (Wildman–Crippen MR) is 81.6 cm³/mol. The van der Waals surface area contributed by atoms with Crippen molar-refractivity contribution >= 4 is 22.8 Å². The van der Waals surface area contributed by atoms with E-state index in [2.05, 4.69) is 10.2 Å². The monoisotopic (exact) mass is 301 g/mol. The van der Waals surface area contributed by atoms with Crippen LogP contribution in [0.25, 0.3) is 10.9 Å². The number of para-hydroxylation sites is 1. The number of fused-ring (bicyclic) bond motifs is 1. The minimum Gasteiger partial charge on any atom is -0.481 e. The number of likely N-dealkylation sites (tertiary alicyclic amines) is 1. The van der Waals surface area contributed by atoms with Crippen molar-refractivity contribution in [3.05, 3.63) is 30.0 Å². The normalized spacial score (nSPS) is 18.5. The SMILES string of the molecule is O=C(O)CCC1CCCCN1C(=O)c1cccc2cn[nH]c12. The Kier molecular flexibility index (Phi) is 4.09. The van der Waals surface area contributed by atoms with Crippen LogP contribution in [0, 0.1) is 0 Å². The summed E-state index contributed by atoms with van der Waals surface area (Å²) in [7, 11) is 0. The van der Waals surface area contributed by atoms with E-state index in [-0.39, 0.29) is 18.4 Å². The Bertz CT molecular complexity index is 695. The van der Waals surface area contributed by atoms with Crippen LogP contribution < -0.4 is 0 Å². The number of carbonyl (C=O) groups is 2. The Morgan fingerprint density at radius 2 is 2.23 bits per heavy atom. The molecule has 2 aromatic rings. The molecular weight excluding hydrogens is 282 g/mol. The first-order chi connectivity index (χ1) is 10.7. The van der Waals surface area contributed by atoms with Crippen LogP contribution in [-0.2, 0) is 4.79 Å². The molecule has 0 radical (unpaired) electrons. The molecule has 2 heterocycles. The van der Waals surface area contributed by atoms with Crippen molar-refractivity contribution in [3.63, 3.8) is 0 Å². The number of aliphatic carboxylic acids is 1. The standard InChI is InChI=1S/C16H19N3O3/c20-14(21)8-7-12-5-1-2-9-19(12)16(22)13-6-3-4-11-10-17-18-15(11)13/h3-4,6,10,12H,1-2,5,7-9H2,(H,17,18)(H,20,21). The topological polar surface area (TPSA) is 86.3 Å². The molecule has 3 rings (SSSR count). The van der Waals surface area contributed by atoms with Gasteiger partial charge in [0.25, 0.3) is 5.91 Å². The number of aromatic nitrogens is 2. The second kappa shape index (κ2) is 6.17. The van der Waals surface area contributed by atoms with Gasteiger partial charge in [0.2, 0.25) is 0 Å². The smallest absolute Gasteiger partial charge is 0.303 e. The van der Waals surface area contributed by atoms with Crippen molar-refractivity contribution < 1.29 is 14.7 Å². The van der Waals surface area contributed by atoms with E-state index in [1.807, 2.05) is 17.0 Å². The number of carboxylic acid groups (broad SMARTS) is 1. The Labute approximate surface area is 128 Å². The number of hydrogen-bond donors (Lipinski definition) is 2. The lowest BCUT2D eigenvalue weighted by Gasteiger charge is -2.35. The van der Waals surface area contributed by atoms with Crippen LogP contribution in [0.2, 0.25) is 0 Å². The van der Waals surface area contributed by atoms with Crippen molar-refractivity contribution in [1.82, 2.24) is 15.1 Å². The predicted octanol–water partition coefficient (Wildman–Crippen LogP) is 2.42. The second-order valence-electron chi connectivity index (χ2n) is 5.72. The van der Waals surface area contributed by atoms with Gasteiger partial charge in [0.1, 0.15) is 0 Å². The Morgan fingerprint density at radius 1 is 1.36 bits per heavy atom. The lowest BCUT2D eigenvalue weighted by molar-refractivity contribution is -0.137. The molecule has 1 aliphatic heterocycles. The molecule has 1 unspecified atom stereocenters. The summed E-state index contributed by atoms with van der Waals surface area (Å²) in [6, 6.07) is 5.57. The zero-order valence-electron chi connectivity index (χ0n) is 12.3. The average molecular weight is 301 g/mol. The van der Waals surface area contributed by atoms with Crippen LogP contribution in [0.1, 0.15) is 42.5 Å². The van der Waals surface area contributed by atoms with E-state index in [1.165, 1.54) is 0 Å². The van der Waals surface area contributed by atoms with Gasteiger partial charge in [0.15, 0.2) is 0 Å². The van der Waals surface area contributed by atoms with Gasteiger partial charge >= 0.3 is 5.97 Å². The van der Waals surface area contributed by atoms with Crippen molar-refractivity contribution in [3.8, 4) is 0 Å². The number of benzene rings is 1. The van der Waals surface area contributed by atoms with Crippen LogP contribution in [0.15, 0.2) is 24.4 Å². The maximum Gasteiger partial charge on any atom is 0.303 e. The summed E-state index contributed by atoms with van der Waals surface area (Å²) in [6.45, 7) is 0.688. The number of rotatable bonds is 4. The summed E-state index contributed by atoms with van der Waals surface area (Å²) < 4.78 is 0. The van der Waals surface area contributed by atoms with Gasteiger partial charge in [-0.2, -0.15) is 5.10 Å². The molecule has 1 fully saturated rings. The number of nitrogens with zero attached hydrogens (tertiary/aromatic N) is 2. The number of carboxylic acids is 1. The largest absolute Gasteiger partial charge is 0.481 e. The molecule has 0 bridgehead atoms. The summed E-state index contributed by atoms with van der Waals surface area (Å²) >= 11 is 0. The fourth-order valence-electron chi connectivity index (χ4n) is 3.16. The van der Waals surface area contributed by atoms with Gasteiger partial charge in [-0.1, -0.05) is 12.1 Å². The fourth-order valence-corrected chi connectivity index (χ4v) is 3.16. The third kappa shape index (κ3) is 2.81. The van der Waals surface area contributed by atoms with E-state index in [4.69, 9.17) is 5.11 Å². The first-order valence-electron chi connectivity index (χ1n) is 7.61. The van der Waals surface area contributed by atoms with E-state index in [0.29, 0.717) is 18.5 Å². The number of piperidine rings is 1. The number of amides is 1. The van der Waals surface area contributed by atoms with E-state index in [0.717, 1.165) is 30.2 Å². The summed E-state index contributed by atoms with van der Waals surface area (Å²) in [5, 5.41) is 16.7. The molecule has 0 saturated carbocycles. The molecule has 1 atom stereocenters. The fraction of sp³-hybridized carbons (Fsp3) is 0.438. The Hall–Kier alpha value is -2.37. The van der Waals surface area contributed by atoms with Gasteiger partial charge in [-0.05, 0) is 31.7 Å². The van der Waals surface area contributed by atoms with Crippen LogP contribution in [0.5, 0.6) is 0 Å². The van der Waals surface area contributed by atoms with Gasteiger partial charge < -0.3 is 10.0 Å². The Balaban J connectivity index is 1.85. The number of H-pyrrole nitrogens is 1. The number of nitrogens with one attached hydrogen (secondary N) is 1. The van der Waals surface area contributed by atoms with Crippen molar-refractivity contribution in [2.24, 2.45) is 0 Å². The van der Waals surface area contributed by atoms with E-state index in [9.17, 15) is 9.59 Å². The highest BCUT2D eigenvalue weighted by molar-refractivity contribution is 6.05. The molecule has 1 aromatic heterocycles. The molecule has 6 nitrogen and oxygen atoms in total. The average Bonchev–Trinajstić information content (AvgIpc) is 3.01. The van der Waals surface area contributed by atoms with Crippen LogP contribution in [-0.4, -0.2) is 44.7 Å². The molecule has 0 spiro atoms. The Morgan fingerprint density at radius 3 is 3.05 bits per heavy atom. The molecule has 1 amide bonds. The number of carbonyl (C=O) groups excluding carboxylic acids is 1. The van der Waals surface area contributed by atoms with Gasteiger partial charge in [0, 0.05) is 24.4 Å². The molecular formula is C16H19N3O3. The minimum atomic E-state index is -0.811. The van der Waals surface area contributed by atoms with Gasteiger partial charge in [-0.3, -0.25) is 14.7 Å². The third-order valence-corrected chi connectivity index (χ3v) is 4.29. The number of aromatic amines is 1. The molecule has 116 valence electrons. The maximum atomic E-state index is 12.9. The molecule has 22 heavy (non-hydrogen) atoms. The number of hydrogen-bond acceptors (Lipinski definition) is 3. The second-order valence-corrected chi connectivity index (χ2v) is 5.72. The molecule has 2 N–H and O–H groups in total. The zero-order chi connectivity index (χ0) is 15.5. The minimum absolute atomic E-state index is 0.00975. The first-order valence-corrected chi connectivity index (χ1v) is 7.61. The van der Waals surface area contributed by atoms with Crippen LogP contribution in [0.3, 0.4) is 0 Å². The highest BCUT2D eigenvalue weighted by Crippen LogP contribution is 2.25. The molecule has 1 saturated heterocycles. The molecule has 1 aliphatic rings. The van der Waals surface area contributed by atoms with E-state index >= 15 is 0 Å². The highest BCUT2D eigenvalue weighted by atomic mass is 16.4. The summed E-state index contributed by atoms with van der Waals surface area (Å²) in [4.78, 5) is 25.5. The van der Waals surface area contributed by atoms with Crippen LogP contribution in [0.4, 0.5) is 0 Å². The van der Waals surface area contributed by atoms with Crippen molar-refractivity contribution in [2.45, 2.75) is 38.1 Å². The lowest BCUT2D eigenvalue weighted by atomic mass is 9.96. The molecule has 6 heteroatoms. The quantitative estimate of drug-likeness (QED) is 0.908. The molecule has 0 aliphatic carbocycles. The highest BCUT2D eigenvalue weighted by Gasteiger charge is 2.28. The summed E-state index contributed by atoms with van der Waals surface area (Å²) in [5.74, 6) is -0.849. The van der Waals surface area contributed by atoms with E-state index < -0.39 is 5.97 Å². The van der Waals surface area contributed by atoms with Gasteiger partial charge in [-0.15, -0.1) is 0 Å². The first kappa shape index (κ1) is 14.6. The van der Waals surface area contributed by atoms with Gasteiger partial charge in [0.05, 0.1) is 17.3 Å². The van der Waals surface area contributed by atoms with Crippen molar-refractivity contribution in [2.75, 3.05) is 6.54 Å². The maximum absolute atomic E-state index is 12.9. The van der Waals surface area contributed by atoms with Gasteiger partial charge in [-0.25, -0.2) is 0 Å². The van der Waals surface area contributed by atoms with Crippen molar-refractivity contribution in [1.29, 1.82) is 0 Å². The van der Waals surface area contributed by atoms with Crippen LogP contribution >= 0.6 is 0 Å². The lowest BCUT2D eigenvalue weighted by Crippen LogP contribution is -2.44. The third-order valence-electron chi connectivity index (χ3n) is 4.29. The summed E-state index contributed by atoms with van der Waals surface area (Å²) in [6.07, 6.45) is 5.20. The van der Waals surface area contributed by atoms with E-state index in [1.54, 1.807) is 12.3 Å².